The van der Waals surface area contributed by atoms with Crippen LogP contribution < -0.4 is 4.90 Å². The number of aryl methyl sites for hydroxylation is 2. The summed E-state index contributed by atoms with van der Waals surface area (Å²) in [5, 5.41) is 1.03. The Morgan fingerprint density at radius 1 is 1.19 bits per heavy atom. The standard InChI is InChI=1S/C22H24N4S/c1-5-24-18(4)20-11-7-10-19(12-20)13-23-14-25-22-26(15-27-22)21-16(2)8-6-9-17(21)3/h5-13H,4,14-15H2,1-3H3/b23-13-,24-5-,25-22-. The van der Waals surface area contributed by atoms with Gasteiger partial charge in [-0.15, -0.1) is 0 Å². The van der Waals surface area contributed by atoms with Crippen LogP contribution in [-0.4, -0.2) is 30.1 Å². The fraction of sp³-hybridized carbons (Fsp3) is 0.227. The molecule has 1 aliphatic rings. The van der Waals surface area contributed by atoms with E-state index in [1.165, 1.54) is 16.8 Å². The van der Waals surface area contributed by atoms with Crippen molar-refractivity contribution in [2.24, 2.45) is 15.0 Å². The summed E-state index contributed by atoms with van der Waals surface area (Å²) in [6.45, 7) is 10.6. The van der Waals surface area contributed by atoms with Crippen molar-refractivity contribution in [1.82, 2.24) is 0 Å². The second-order valence-electron chi connectivity index (χ2n) is 6.30. The van der Waals surface area contributed by atoms with E-state index in [-0.39, 0.29) is 0 Å². The van der Waals surface area contributed by atoms with Crippen LogP contribution in [0.4, 0.5) is 5.69 Å². The molecule has 0 amide bonds. The first-order chi connectivity index (χ1) is 13.1. The van der Waals surface area contributed by atoms with Crippen LogP contribution in [0, 0.1) is 13.8 Å². The minimum absolute atomic E-state index is 0.419. The van der Waals surface area contributed by atoms with Gasteiger partial charge in [-0.05, 0) is 43.5 Å². The number of thioether (sulfide) groups is 1. The maximum Gasteiger partial charge on any atom is 0.168 e. The van der Waals surface area contributed by atoms with Gasteiger partial charge in [0.05, 0.1) is 11.6 Å². The number of nitrogens with zero attached hydrogens (tertiary/aromatic N) is 4. The fourth-order valence-corrected chi connectivity index (χ4v) is 3.73. The first-order valence-corrected chi connectivity index (χ1v) is 9.87. The first kappa shape index (κ1) is 19.1. The van der Waals surface area contributed by atoms with Crippen molar-refractivity contribution in [1.29, 1.82) is 0 Å². The molecule has 2 aromatic carbocycles. The maximum absolute atomic E-state index is 4.64. The maximum atomic E-state index is 4.64. The van der Waals surface area contributed by atoms with E-state index < -0.39 is 0 Å². The fourth-order valence-electron chi connectivity index (χ4n) is 2.99. The van der Waals surface area contributed by atoms with E-state index in [1.807, 2.05) is 37.4 Å². The van der Waals surface area contributed by atoms with Gasteiger partial charge in [-0.3, -0.25) is 9.98 Å². The van der Waals surface area contributed by atoms with E-state index in [2.05, 4.69) is 58.5 Å². The Labute approximate surface area is 165 Å². The molecule has 1 aliphatic heterocycles. The van der Waals surface area contributed by atoms with E-state index in [9.17, 15) is 0 Å². The monoisotopic (exact) mass is 376 g/mol. The lowest BCUT2D eigenvalue weighted by molar-refractivity contribution is 1.05. The number of para-hydroxylation sites is 1. The van der Waals surface area contributed by atoms with Gasteiger partial charge < -0.3 is 4.90 Å². The summed E-state index contributed by atoms with van der Waals surface area (Å²) in [4.78, 5) is 15.6. The molecule has 0 radical (unpaired) electrons. The quantitative estimate of drug-likeness (QED) is 0.641. The Balaban J connectivity index is 1.66. The zero-order valence-corrected chi connectivity index (χ0v) is 16.8. The zero-order chi connectivity index (χ0) is 19.2. The highest BCUT2D eigenvalue weighted by Crippen LogP contribution is 2.34. The molecule has 0 aromatic heterocycles. The topological polar surface area (TPSA) is 40.3 Å². The van der Waals surface area contributed by atoms with Crippen LogP contribution in [0.15, 0.2) is 64.0 Å². The minimum atomic E-state index is 0.419. The number of aliphatic imine (C=N–C) groups is 3. The minimum Gasteiger partial charge on any atom is -0.310 e. The number of anilines is 1. The summed E-state index contributed by atoms with van der Waals surface area (Å²) in [6, 6.07) is 14.4. The Hall–Kier alpha value is -2.66. The van der Waals surface area contributed by atoms with Crippen molar-refractivity contribution >= 4 is 40.7 Å². The molecule has 1 fully saturated rings. The summed E-state index contributed by atoms with van der Waals surface area (Å²) in [5.41, 5.74) is 6.59. The Bertz CT molecular complexity index is 907. The molecule has 0 bridgehead atoms. The second kappa shape index (κ2) is 8.82. The van der Waals surface area contributed by atoms with Crippen molar-refractivity contribution in [2.45, 2.75) is 20.8 Å². The lowest BCUT2D eigenvalue weighted by Gasteiger charge is -2.35. The number of hydrogen-bond acceptors (Lipinski definition) is 4. The van der Waals surface area contributed by atoms with Gasteiger partial charge in [0.25, 0.3) is 0 Å². The van der Waals surface area contributed by atoms with Gasteiger partial charge in [-0.2, -0.15) is 0 Å². The molecule has 4 nitrogen and oxygen atoms in total. The van der Waals surface area contributed by atoms with Crippen molar-refractivity contribution in [3.05, 3.63) is 71.3 Å². The van der Waals surface area contributed by atoms with Gasteiger partial charge in [0.1, 0.15) is 6.67 Å². The highest BCUT2D eigenvalue weighted by Gasteiger charge is 2.26. The predicted octanol–water partition coefficient (Wildman–Crippen LogP) is 5.31. The van der Waals surface area contributed by atoms with Crippen LogP contribution in [0.2, 0.25) is 0 Å². The molecule has 0 spiro atoms. The third-order valence-corrected chi connectivity index (χ3v) is 5.29. The SMILES string of the molecule is C=C(/N=C\C)c1cccc(/C=N\C/N=C2\SCN2c2c(C)cccc2C)c1. The van der Waals surface area contributed by atoms with Crippen molar-refractivity contribution in [2.75, 3.05) is 17.4 Å². The Morgan fingerprint density at radius 2 is 1.93 bits per heavy atom. The third-order valence-electron chi connectivity index (χ3n) is 4.30. The first-order valence-electron chi connectivity index (χ1n) is 8.89. The summed E-state index contributed by atoms with van der Waals surface area (Å²) in [7, 11) is 0. The second-order valence-corrected chi connectivity index (χ2v) is 7.21. The summed E-state index contributed by atoms with van der Waals surface area (Å²) in [5.74, 6) is 0.941. The number of amidine groups is 1. The molecule has 0 aliphatic carbocycles. The average molecular weight is 377 g/mol. The molecule has 0 atom stereocenters. The molecule has 138 valence electrons. The lowest BCUT2D eigenvalue weighted by Crippen LogP contribution is -2.39. The lowest BCUT2D eigenvalue weighted by atomic mass is 10.1. The smallest absolute Gasteiger partial charge is 0.168 e. The van der Waals surface area contributed by atoms with Crippen LogP contribution in [0.5, 0.6) is 0 Å². The molecule has 3 rings (SSSR count). The molecule has 0 saturated carbocycles. The van der Waals surface area contributed by atoms with Crippen LogP contribution in [-0.2, 0) is 0 Å². The number of hydrogen-bond donors (Lipinski definition) is 0. The van der Waals surface area contributed by atoms with Crippen LogP contribution >= 0.6 is 11.8 Å². The van der Waals surface area contributed by atoms with Gasteiger partial charge in [-0.1, -0.05) is 54.7 Å². The zero-order valence-electron chi connectivity index (χ0n) is 16.0. The number of rotatable bonds is 6. The van der Waals surface area contributed by atoms with Gasteiger partial charge in [-0.25, -0.2) is 4.99 Å². The highest BCUT2D eigenvalue weighted by atomic mass is 32.2. The molecule has 0 unspecified atom stereocenters. The molecular weight excluding hydrogens is 352 g/mol. The average Bonchev–Trinajstić information content (AvgIpc) is 2.64. The van der Waals surface area contributed by atoms with Gasteiger partial charge in [0.2, 0.25) is 0 Å². The van der Waals surface area contributed by atoms with Gasteiger partial charge in [0, 0.05) is 23.7 Å². The molecule has 27 heavy (non-hydrogen) atoms. The molecule has 1 heterocycles. The van der Waals surface area contributed by atoms with E-state index in [1.54, 1.807) is 18.0 Å². The normalized spacial score (nSPS) is 15.7. The van der Waals surface area contributed by atoms with E-state index in [4.69, 9.17) is 0 Å². The van der Waals surface area contributed by atoms with E-state index in [0.717, 1.165) is 27.9 Å². The van der Waals surface area contributed by atoms with Crippen LogP contribution in [0.1, 0.15) is 29.2 Å². The molecule has 2 aromatic rings. The molecule has 5 heteroatoms. The Morgan fingerprint density at radius 3 is 2.59 bits per heavy atom. The molecular formula is C22H24N4S. The largest absolute Gasteiger partial charge is 0.310 e. The van der Waals surface area contributed by atoms with Crippen LogP contribution in [0.25, 0.3) is 5.70 Å². The third kappa shape index (κ3) is 4.55. The van der Waals surface area contributed by atoms with Gasteiger partial charge >= 0.3 is 0 Å². The Kier molecular flexibility index (Phi) is 6.24. The number of benzene rings is 2. The summed E-state index contributed by atoms with van der Waals surface area (Å²) in [6.07, 6.45) is 3.60. The van der Waals surface area contributed by atoms with Crippen molar-refractivity contribution in [3.63, 3.8) is 0 Å². The van der Waals surface area contributed by atoms with Crippen LogP contribution in [0.3, 0.4) is 0 Å². The van der Waals surface area contributed by atoms with Crippen molar-refractivity contribution in [3.8, 4) is 0 Å². The predicted molar refractivity (Wildman–Crippen MR) is 120 cm³/mol. The van der Waals surface area contributed by atoms with E-state index in [0.29, 0.717) is 6.67 Å². The van der Waals surface area contributed by atoms with Gasteiger partial charge in [0.15, 0.2) is 5.17 Å². The highest BCUT2D eigenvalue weighted by molar-refractivity contribution is 8.16. The summed E-state index contributed by atoms with van der Waals surface area (Å²) >= 11 is 1.76. The van der Waals surface area contributed by atoms with E-state index >= 15 is 0 Å². The summed E-state index contributed by atoms with van der Waals surface area (Å²) < 4.78 is 0. The molecule has 1 saturated heterocycles. The van der Waals surface area contributed by atoms with Crippen molar-refractivity contribution < 1.29 is 0 Å². The molecule has 0 N–H and O–H groups in total.